The Balaban J connectivity index is 1.72. The number of aromatic nitrogens is 1. The van der Waals surface area contributed by atoms with Crippen LogP contribution in [0.3, 0.4) is 0 Å². The lowest BCUT2D eigenvalue weighted by Gasteiger charge is -2.25. The molecule has 1 aliphatic heterocycles. The van der Waals surface area contributed by atoms with Crippen molar-refractivity contribution in [2.24, 2.45) is 0 Å². The summed E-state index contributed by atoms with van der Waals surface area (Å²) in [7, 11) is 0. The molecular weight excluding hydrogens is 322 g/mol. The Morgan fingerprint density at radius 2 is 2.21 bits per heavy atom. The molecule has 0 aliphatic carbocycles. The fourth-order valence-corrected chi connectivity index (χ4v) is 4.21. The molecule has 0 bridgehead atoms. The number of aliphatic hydroxyl groups excluding tert-OH is 1. The number of amides is 2. The second kappa shape index (κ2) is 7.32. The first-order chi connectivity index (χ1) is 11.6. The van der Waals surface area contributed by atoms with Crippen molar-refractivity contribution in [2.75, 3.05) is 13.2 Å². The van der Waals surface area contributed by atoms with E-state index in [4.69, 9.17) is 0 Å². The van der Waals surface area contributed by atoms with Gasteiger partial charge < -0.3 is 15.3 Å². The summed E-state index contributed by atoms with van der Waals surface area (Å²) < 4.78 is 0. The largest absolute Gasteiger partial charge is 0.394 e. The van der Waals surface area contributed by atoms with Gasteiger partial charge in [-0.15, -0.1) is 11.3 Å². The second-order valence-corrected chi connectivity index (χ2v) is 7.21. The monoisotopic (exact) mass is 345 g/mol. The fourth-order valence-electron chi connectivity index (χ4n) is 3.14. The van der Waals surface area contributed by atoms with Crippen LogP contribution >= 0.6 is 11.3 Å². The van der Waals surface area contributed by atoms with E-state index in [1.165, 1.54) is 0 Å². The Morgan fingerprint density at radius 3 is 2.92 bits per heavy atom. The Bertz CT molecular complexity index is 702. The SMILES string of the molecule is Cc1nc(-c2ccccc2)sc1C(C)NC(=O)N1CCCC1CO. The molecule has 1 fully saturated rings. The van der Waals surface area contributed by atoms with Crippen molar-refractivity contribution in [3.63, 3.8) is 0 Å². The molecule has 2 N–H and O–H groups in total. The molecule has 2 amide bonds. The Labute approximate surface area is 146 Å². The lowest BCUT2D eigenvalue weighted by molar-refractivity contribution is 0.155. The molecule has 1 aromatic heterocycles. The highest BCUT2D eigenvalue weighted by atomic mass is 32.1. The van der Waals surface area contributed by atoms with Gasteiger partial charge in [0, 0.05) is 12.1 Å². The quantitative estimate of drug-likeness (QED) is 0.893. The standard InChI is InChI=1S/C18H23N3O2S/c1-12-16(24-17(19-12)14-7-4-3-5-8-14)13(2)20-18(23)21-10-6-9-15(21)11-22/h3-5,7-8,13,15,22H,6,9-11H2,1-2H3,(H,20,23). The first-order valence-electron chi connectivity index (χ1n) is 8.31. The lowest BCUT2D eigenvalue weighted by atomic mass is 10.2. The Morgan fingerprint density at radius 1 is 1.46 bits per heavy atom. The second-order valence-electron chi connectivity index (χ2n) is 6.18. The minimum absolute atomic E-state index is 0.0273. The number of nitrogens with zero attached hydrogens (tertiary/aromatic N) is 2. The number of urea groups is 1. The molecule has 0 spiro atoms. The summed E-state index contributed by atoms with van der Waals surface area (Å²) in [5.41, 5.74) is 2.04. The average molecular weight is 345 g/mol. The molecule has 128 valence electrons. The van der Waals surface area contributed by atoms with E-state index >= 15 is 0 Å². The van der Waals surface area contributed by atoms with Crippen LogP contribution in [0, 0.1) is 6.92 Å². The average Bonchev–Trinajstić information content (AvgIpc) is 3.22. The molecule has 2 unspecified atom stereocenters. The lowest BCUT2D eigenvalue weighted by Crippen LogP contribution is -2.44. The van der Waals surface area contributed by atoms with Crippen LogP contribution in [-0.4, -0.2) is 40.2 Å². The number of aliphatic hydroxyl groups is 1. The van der Waals surface area contributed by atoms with E-state index in [9.17, 15) is 9.90 Å². The summed E-state index contributed by atoms with van der Waals surface area (Å²) in [4.78, 5) is 19.9. The van der Waals surface area contributed by atoms with Crippen molar-refractivity contribution in [1.29, 1.82) is 0 Å². The summed E-state index contributed by atoms with van der Waals surface area (Å²) in [6.45, 7) is 4.70. The van der Waals surface area contributed by atoms with Crippen molar-refractivity contribution in [2.45, 2.75) is 38.8 Å². The molecule has 5 nitrogen and oxygen atoms in total. The molecule has 24 heavy (non-hydrogen) atoms. The molecule has 6 heteroatoms. The van der Waals surface area contributed by atoms with Crippen LogP contribution in [0.25, 0.3) is 10.6 Å². The Hall–Kier alpha value is -1.92. The third-order valence-electron chi connectivity index (χ3n) is 4.44. The molecule has 1 aromatic carbocycles. The maximum absolute atomic E-state index is 12.5. The molecule has 2 aromatic rings. The van der Waals surface area contributed by atoms with Crippen LogP contribution in [0.1, 0.15) is 36.4 Å². The van der Waals surface area contributed by atoms with Crippen molar-refractivity contribution in [3.05, 3.63) is 40.9 Å². The highest BCUT2D eigenvalue weighted by Gasteiger charge is 2.29. The highest BCUT2D eigenvalue weighted by Crippen LogP contribution is 2.31. The van der Waals surface area contributed by atoms with Crippen LogP contribution in [0.5, 0.6) is 0 Å². The zero-order valence-electron chi connectivity index (χ0n) is 14.0. The van der Waals surface area contributed by atoms with Crippen molar-refractivity contribution >= 4 is 17.4 Å². The zero-order chi connectivity index (χ0) is 17.1. The number of carbonyl (C=O) groups is 1. The van der Waals surface area contributed by atoms with Crippen LogP contribution in [0.15, 0.2) is 30.3 Å². The molecular formula is C18H23N3O2S. The normalized spacial score (nSPS) is 18.6. The number of benzene rings is 1. The fraction of sp³-hybridized carbons (Fsp3) is 0.444. The van der Waals surface area contributed by atoms with E-state index in [0.29, 0.717) is 6.54 Å². The van der Waals surface area contributed by atoms with Gasteiger partial charge >= 0.3 is 6.03 Å². The molecule has 3 rings (SSSR count). The van der Waals surface area contributed by atoms with Crippen LogP contribution < -0.4 is 5.32 Å². The van der Waals surface area contributed by atoms with Gasteiger partial charge in [-0.05, 0) is 26.7 Å². The number of thiazole rings is 1. The van der Waals surface area contributed by atoms with Crippen LogP contribution in [-0.2, 0) is 0 Å². The zero-order valence-corrected chi connectivity index (χ0v) is 14.8. The smallest absolute Gasteiger partial charge is 0.318 e. The first kappa shape index (κ1) is 16.9. The van der Waals surface area contributed by atoms with Crippen molar-refractivity contribution in [3.8, 4) is 10.6 Å². The number of likely N-dealkylation sites (tertiary alicyclic amines) is 1. The molecule has 2 heterocycles. The molecule has 0 saturated carbocycles. The van der Waals surface area contributed by atoms with E-state index in [1.54, 1.807) is 16.2 Å². The summed E-state index contributed by atoms with van der Waals surface area (Å²) in [6.07, 6.45) is 1.82. The van der Waals surface area contributed by atoms with Gasteiger partial charge in [-0.2, -0.15) is 0 Å². The van der Waals surface area contributed by atoms with Gasteiger partial charge in [0.2, 0.25) is 0 Å². The number of hydrogen-bond donors (Lipinski definition) is 2. The predicted molar refractivity (Wildman–Crippen MR) is 96.0 cm³/mol. The van der Waals surface area contributed by atoms with Gasteiger partial charge in [-0.1, -0.05) is 30.3 Å². The van der Waals surface area contributed by atoms with Gasteiger partial charge in [0.25, 0.3) is 0 Å². The van der Waals surface area contributed by atoms with Gasteiger partial charge in [0.15, 0.2) is 0 Å². The summed E-state index contributed by atoms with van der Waals surface area (Å²) in [5, 5.41) is 13.4. The van der Waals surface area contributed by atoms with Gasteiger partial charge in [-0.25, -0.2) is 9.78 Å². The van der Waals surface area contributed by atoms with E-state index in [0.717, 1.165) is 34.0 Å². The van der Waals surface area contributed by atoms with E-state index in [2.05, 4.69) is 10.3 Å². The minimum Gasteiger partial charge on any atom is -0.394 e. The van der Waals surface area contributed by atoms with E-state index < -0.39 is 0 Å². The highest BCUT2D eigenvalue weighted by molar-refractivity contribution is 7.15. The predicted octanol–water partition coefficient (Wildman–Crippen LogP) is 3.35. The van der Waals surface area contributed by atoms with Crippen LogP contribution in [0.2, 0.25) is 0 Å². The Kier molecular flexibility index (Phi) is 5.16. The molecule has 1 aliphatic rings. The topological polar surface area (TPSA) is 65.5 Å². The number of carbonyl (C=O) groups excluding carboxylic acids is 1. The van der Waals surface area contributed by atoms with E-state index in [1.807, 2.05) is 44.2 Å². The number of rotatable bonds is 4. The molecule has 2 atom stereocenters. The van der Waals surface area contributed by atoms with Gasteiger partial charge in [0.1, 0.15) is 5.01 Å². The summed E-state index contributed by atoms with van der Waals surface area (Å²) in [6, 6.07) is 9.81. The van der Waals surface area contributed by atoms with E-state index in [-0.39, 0.29) is 24.7 Å². The maximum atomic E-state index is 12.5. The van der Waals surface area contributed by atoms with Gasteiger partial charge in [-0.3, -0.25) is 0 Å². The summed E-state index contributed by atoms with van der Waals surface area (Å²) in [5.74, 6) is 0. The minimum atomic E-state index is -0.104. The summed E-state index contributed by atoms with van der Waals surface area (Å²) >= 11 is 1.62. The number of nitrogens with one attached hydrogen (secondary N) is 1. The van der Waals surface area contributed by atoms with Crippen LogP contribution in [0.4, 0.5) is 4.79 Å². The molecule has 0 radical (unpaired) electrons. The third-order valence-corrected chi connectivity index (χ3v) is 5.82. The third kappa shape index (κ3) is 3.44. The van der Waals surface area contributed by atoms with Gasteiger partial charge in [0.05, 0.1) is 29.3 Å². The number of hydrogen-bond acceptors (Lipinski definition) is 4. The maximum Gasteiger partial charge on any atom is 0.318 e. The number of aryl methyl sites for hydroxylation is 1. The first-order valence-corrected chi connectivity index (χ1v) is 9.12. The molecule has 1 saturated heterocycles. The van der Waals surface area contributed by atoms with Crippen molar-refractivity contribution < 1.29 is 9.90 Å². The van der Waals surface area contributed by atoms with Crippen molar-refractivity contribution in [1.82, 2.24) is 15.2 Å².